The fraction of sp³-hybridized carbons (Fsp3) is 0.316. The molecule has 0 saturated heterocycles. The van der Waals surface area contributed by atoms with E-state index in [4.69, 9.17) is 9.47 Å². The van der Waals surface area contributed by atoms with Crippen molar-refractivity contribution in [3.63, 3.8) is 0 Å². The van der Waals surface area contributed by atoms with Gasteiger partial charge in [0.1, 0.15) is 5.75 Å². The number of ether oxygens (including phenoxy) is 2. The number of aryl methyl sites for hydroxylation is 2. The Bertz CT molecular complexity index is 669. The van der Waals surface area contributed by atoms with Crippen LogP contribution in [0.3, 0.4) is 0 Å². The predicted molar refractivity (Wildman–Crippen MR) is 89.4 cm³/mol. The molecule has 0 aromatic heterocycles. The zero-order valence-electron chi connectivity index (χ0n) is 13.8. The fourth-order valence-electron chi connectivity index (χ4n) is 2.63. The molecule has 2 aromatic carbocycles. The molecule has 4 nitrogen and oxygen atoms in total. The highest BCUT2D eigenvalue weighted by atomic mass is 16.6. The van der Waals surface area contributed by atoms with Gasteiger partial charge in [0.2, 0.25) is 0 Å². The van der Waals surface area contributed by atoms with Crippen LogP contribution in [0.15, 0.2) is 36.4 Å². The Labute approximate surface area is 136 Å². The lowest BCUT2D eigenvalue weighted by Crippen LogP contribution is -2.14. The van der Waals surface area contributed by atoms with Crippen molar-refractivity contribution in [2.75, 3.05) is 13.2 Å². The van der Waals surface area contributed by atoms with E-state index in [1.54, 1.807) is 6.92 Å². The highest BCUT2D eigenvalue weighted by Gasteiger charge is 2.10. The molecule has 0 fully saturated rings. The highest BCUT2D eigenvalue weighted by Crippen LogP contribution is 2.31. The summed E-state index contributed by atoms with van der Waals surface area (Å²) in [4.78, 5) is 11.4. The number of benzene rings is 2. The molecule has 0 aliphatic carbocycles. The number of rotatable bonds is 6. The molecule has 0 radical (unpaired) electrons. The van der Waals surface area contributed by atoms with Crippen molar-refractivity contribution in [3.8, 4) is 16.9 Å². The Morgan fingerprint density at radius 2 is 1.83 bits per heavy atom. The monoisotopic (exact) mass is 314 g/mol. The number of esters is 1. The molecule has 0 amide bonds. The smallest absolute Gasteiger partial charge is 0.344 e. The van der Waals surface area contributed by atoms with E-state index in [2.05, 4.69) is 0 Å². The third-order valence-electron chi connectivity index (χ3n) is 3.57. The first-order valence-corrected chi connectivity index (χ1v) is 7.65. The zero-order valence-corrected chi connectivity index (χ0v) is 13.8. The van der Waals surface area contributed by atoms with E-state index in [0.29, 0.717) is 12.4 Å². The minimum Gasteiger partial charge on any atom is -0.482 e. The first-order valence-electron chi connectivity index (χ1n) is 7.65. The molecule has 0 aliphatic rings. The summed E-state index contributed by atoms with van der Waals surface area (Å²) in [6.45, 7) is 6.05. The van der Waals surface area contributed by atoms with Crippen LogP contribution in [0.1, 0.15) is 23.6 Å². The molecular weight excluding hydrogens is 292 g/mol. The first-order chi connectivity index (χ1) is 11.0. The number of carbonyl (C=O) groups is 1. The molecule has 0 spiro atoms. The normalized spacial score (nSPS) is 10.4. The van der Waals surface area contributed by atoms with Crippen LogP contribution >= 0.6 is 0 Å². The van der Waals surface area contributed by atoms with Gasteiger partial charge in [-0.05, 0) is 66.8 Å². The Balaban J connectivity index is 2.25. The van der Waals surface area contributed by atoms with Crippen LogP contribution in [-0.4, -0.2) is 24.3 Å². The van der Waals surface area contributed by atoms with E-state index in [0.717, 1.165) is 27.8 Å². The van der Waals surface area contributed by atoms with E-state index in [1.165, 1.54) is 0 Å². The number of hydrogen-bond acceptors (Lipinski definition) is 4. The summed E-state index contributed by atoms with van der Waals surface area (Å²) in [5, 5.41) is 9.29. The molecule has 2 rings (SSSR count). The van der Waals surface area contributed by atoms with Gasteiger partial charge in [0.15, 0.2) is 6.61 Å². The van der Waals surface area contributed by atoms with Gasteiger partial charge in [-0.3, -0.25) is 0 Å². The third-order valence-corrected chi connectivity index (χ3v) is 3.57. The number of carbonyl (C=O) groups excluding carboxylic acids is 1. The second-order valence-corrected chi connectivity index (χ2v) is 5.38. The van der Waals surface area contributed by atoms with Crippen LogP contribution in [-0.2, 0) is 16.1 Å². The van der Waals surface area contributed by atoms with Gasteiger partial charge in [0.25, 0.3) is 0 Å². The van der Waals surface area contributed by atoms with Crippen LogP contribution in [0, 0.1) is 13.8 Å². The second-order valence-electron chi connectivity index (χ2n) is 5.38. The minimum atomic E-state index is -0.373. The summed E-state index contributed by atoms with van der Waals surface area (Å²) < 4.78 is 10.4. The molecule has 4 heteroatoms. The van der Waals surface area contributed by atoms with Crippen molar-refractivity contribution < 1.29 is 19.4 Å². The standard InChI is InChI=1S/C19H22O4/c1-4-22-18(21)12-23-17-8-13(2)19(14(3)9-17)16-7-5-6-15(10-16)11-20/h5-10,20H,4,11-12H2,1-3H3. The molecule has 0 heterocycles. The Morgan fingerprint density at radius 1 is 1.13 bits per heavy atom. The highest BCUT2D eigenvalue weighted by molar-refractivity contribution is 5.73. The third kappa shape index (κ3) is 4.33. The van der Waals surface area contributed by atoms with Gasteiger partial charge in [-0.15, -0.1) is 0 Å². The van der Waals surface area contributed by atoms with Gasteiger partial charge in [0.05, 0.1) is 13.2 Å². The molecule has 122 valence electrons. The average Bonchev–Trinajstić information content (AvgIpc) is 2.53. The van der Waals surface area contributed by atoms with Crippen LogP contribution < -0.4 is 4.74 Å². The quantitative estimate of drug-likeness (QED) is 0.830. The van der Waals surface area contributed by atoms with Crippen molar-refractivity contribution in [3.05, 3.63) is 53.1 Å². The summed E-state index contributed by atoms with van der Waals surface area (Å²) in [6.07, 6.45) is 0. The van der Waals surface area contributed by atoms with Crippen LogP contribution in [0.2, 0.25) is 0 Å². The molecule has 0 atom stereocenters. The maximum absolute atomic E-state index is 11.4. The summed E-state index contributed by atoms with van der Waals surface area (Å²) >= 11 is 0. The van der Waals surface area contributed by atoms with Crippen molar-refractivity contribution in [1.82, 2.24) is 0 Å². The number of hydrogen-bond donors (Lipinski definition) is 1. The van der Waals surface area contributed by atoms with Crippen molar-refractivity contribution >= 4 is 5.97 Å². The maximum Gasteiger partial charge on any atom is 0.344 e. The molecule has 23 heavy (non-hydrogen) atoms. The summed E-state index contributed by atoms with van der Waals surface area (Å²) in [5.74, 6) is 0.276. The lowest BCUT2D eigenvalue weighted by molar-refractivity contribution is -0.145. The molecule has 0 saturated carbocycles. The molecule has 0 aliphatic heterocycles. The molecule has 0 unspecified atom stereocenters. The number of aliphatic hydroxyl groups is 1. The summed E-state index contributed by atoms with van der Waals surface area (Å²) in [5.41, 5.74) is 5.16. The summed E-state index contributed by atoms with van der Waals surface area (Å²) in [6, 6.07) is 11.7. The molecular formula is C19H22O4. The zero-order chi connectivity index (χ0) is 16.8. The van der Waals surface area contributed by atoms with Crippen molar-refractivity contribution in [2.45, 2.75) is 27.4 Å². The van der Waals surface area contributed by atoms with E-state index >= 15 is 0 Å². The van der Waals surface area contributed by atoms with E-state index in [9.17, 15) is 9.90 Å². The topological polar surface area (TPSA) is 55.8 Å². The lowest BCUT2D eigenvalue weighted by atomic mass is 9.94. The largest absolute Gasteiger partial charge is 0.482 e. The van der Waals surface area contributed by atoms with Crippen molar-refractivity contribution in [1.29, 1.82) is 0 Å². The second kappa shape index (κ2) is 7.79. The Hall–Kier alpha value is -2.33. The SMILES string of the molecule is CCOC(=O)COc1cc(C)c(-c2cccc(CO)c2)c(C)c1. The van der Waals surface area contributed by atoms with Gasteiger partial charge in [-0.25, -0.2) is 4.79 Å². The fourth-order valence-corrected chi connectivity index (χ4v) is 2.63. The van der Waals surface area contributed by atoms with Crippen LogP contribution in [0.5, 0.6) is 5.75 Å². The molecule has 0 bridgehead atoms. The van der Waals surface area contributed by atoms with E-state index < -0.39 is 0 Å². The minimum absolute atomic E-state index is 0.0205. The average molecular weight is 314 g/mol. The van der Waals surface area contributed by atoms with Gasteiger partial charge >= 0.3 is 5.97 Å². The van der Waals surface area contributed by atoms with Gasteiger partial charge in [-0.1, -0.05) is 18.2 Å². The first kappa shape index (κ1) is 17.0. The molecule has 1 N–H and O–H groups in total. The van der Waals surface area contributed by atoms with Gasteiger partial charge < -0.3 is 14.6 Å². The van der Waals surface area contributed by atoms with Crippen LogP contribution in [0.25, 0.3) is 11.1 Å². The Kier molecular flexibility index (Phi) is 5.77. The van der Waals surface area contributed by atoms with Gasteiger partial charge in [-0.2, -0.15) is 0 Å². The Morgan fingerprint density at radius 3 is 2.43 bits per heavy atom. The van der Waals surface area contributed by atoms with Crippen molar-refractivity contribution in [2.24, 2.45) is 0 Å². The number of aliphatic hydroxyl groups excluding tert-OH is 1. The van der Waals surface area contributed by atoms with E-state index in [-0.39, 0.29) is 19.2 Å². The molecule has 2 aromatic rings. The lowest BCUT2D eigenvalue weighted by Gasteiger charge is -2.14. The van der Waals surface area contributed by atoms with Gasteiger partial charge in [0, 0.05) is 0 Å². The van der Waals surface area contributed by atoms with Crippen LogP contribution in [0.4, 0.5) is 0 Å². The van der Waals surface area contributed by atoms with E-state index in [1.807, 2.05) is 50.2 Å². The predicted octanol–water partition coefficient (Wildman–Crippen LogP) is 3.40. The summed E-state index contributed by atoms with van der Waals surface area (Å²) in [7, 11) is 0. The maximum atomic E-state index is 11.4.